The van der Waals surface area contributed by atoms with Crippen molar-refractivity contribution in [1.29, 1.82) is 0 Å². The average Bonchev–Trinajstić information content (AvgIpc) is 2.62. The van der Waals surface area contributed by atoms with Gasteiger partial charge in [0.05, 0.1) is 22.6 Å². The molecule has 0 aliphatic heterocycles. The first kappa shape index (κ1) is 17.4. The summed E-state index contributed by atoms with van der Waals surface area (Å²) in [5.74, 6) is -0.497. The third-order valence-electron chi connectivity index (χ3n) is 3.60. The highest BCUT2D eigenvalue weighted by Crippen LogP contribution is 2.36. The Morgan fingerprint density at radius 1 is 1.19 bits per heavy atom. The second-order valence-electron chi connectivity index (χ2n) is 5.16. The maximum Gasteiger partial charge on any atom is 0.339 e. The van der Waals surface area contributed by atoms with Crippen molar-refractivity contribution in [2.45, 2.75) is 0 Å². The topological polar surface area (TPSA) is 112 Å². The first-order valence-corrected chi connectivity index (χ1v) is 7.60. The normalized spacial score (nSPS) is 10.5. The third-order valence-corrected chi connectivity index (χ3v) is 3.89. The largest absolute Gasteiger partial charge is 0.496 e. The third kappa shape index (κ3) is 3.22. The van der Waals surface area contributed by atoms with Crippen molar-refractivity contribution in [2.75, 3.05) is 7.11 Å². The van der Waals surface area contributed by atoms with E-state index in [1.165, 1.54) is 49.7 Å². The van der Waals surface area contributed by atoms with Crippen molar-refractivity contribution in [1.82, 2.24) is 4.98 Å². The quantitative estimate of drug-likeness (QED) is 0.523. The second kappa shape index (κ2) is 6.85. The molecule has 3 aromatic rings. The van der Waals surface area contributed by atoms with E-state index in [1.54, 1.807) is 0 Å². The summed E-state index contributed by atoms with van der Waals surface area (Å²) in [7, 11) is 1.37. The van der Waals surface area contributed by atoms with Crippen LogP contribution < -0.4 is 9.47 Å². The van der Waals surface area contributed by atoms with Crippen LogP contribution in [0.2, 0.25) is 5.02 Å². The molecule has 0 aliphatic rings. The minimum atomic E-state index is -1.16. The SMILES string of the molecule is COc1cc2nccc(Oc3ccc([N+](=O)[O-])cc3Cl)c2cc1C(=O)O. The molecule has 0 aliphatic carbocycles. The monoisotopic (exact) mass is 374 g/mol. The number of aromatic carboxylic acids is 1. The Balaban J connectivity index is 2.09. The van der Waals surface area contributed by atoms with Gasteiger partial charge in [0.25, 0.3) is 5.69 Å². The number of carboxylic acid groups (broad SMARTS) is 1. The summed E-state index contributed by atoms with van der Waals surface area (Å²) in [4.78, 5) is 25.8. The van der Waals surface area contributed by atoms with Gasteiger partial charge in [0.2, 0.25) is 0 Å². The molecule has 0 saturated carbocycles. The summed E-state index contributed by atoms with van der Waals surface area (Å²) in [5.41, 5.74) is 0.245. The summed E-state index contributed by atoms with van der Waals surface area (Å²) < 4.78 is 10.8. The Morgan fingerprint density at radius 2 is 1.96 bits per heavy atom. The van der Waals surface area contributed by atoms with E-state index in [2.05, 4.69) is 4.98 Å². The fraction of sp³-hybridized carbons (Fsp3) is 0.0588. The molecule has 8 nitrogen and oxygen atoms in total. The maximum absolute atomic E-state index is 11.4. The van der Waals surface area contributed by atoms with Crippen molar-refractivity contribution in [3.8, 4) is 17.2 Å². The molecule has 1 N–H and O–H groups in total. The lowest BCUT2D eigenvalue weighted by molar-refractivity contribution is -0.384. The molecule has 0 radical (unpaired) electrons. The highest BCUT2D eigenvalue weighted by molar-refractivity contribution is 6.32. The molecule has 2 aromatic carbocycles. The van der Waals surface area contributed by atoms with Crippen LogP contribution in [0, 0.1) is 10.1 Å². The van der Waals surface area contributed by atoms with Gasteiger partial charge in [0.15, 0.2) is 0 Å². The Kier molecular flexibility index (Phi) is 4.59. The molecule has 0 amide bonds. The summed E-state index contributed by atoms with van der Waals surface area (Å²) >= 11 is 6.04. The van der Waals surface area contributed by atoms with Crippen molar-refractivity contribution >= 4 is 34.2 Å². The number of hydrogen-bond donors (Lipinski definition) is 1. The van der Waals surface area contributed by atoms with Crippen LogP contribution in [0.1, 0.15) is 10.4 Å². The highest BCUT2D eigenvalue weighted by atomic mass is 35.5. The number of methoxy groups -OCH3 is 1. The van der Waals surface area contributed by atoms with Crippen molar-refractivity contribution in [3.63, 3.8) is 0 Å². The highest BCUT2D eigenvalue weighted by Gasteiger charge is 2.17. The van der Waals surface area contributed by atoms with E-state index < -0.39 is 10.9 Å². The van der Waals surface area contributed by atoms with Gasteiger partial charge in [0, 0.05) is 29.8 Å². The minimum absolute atomic E-state index is 0.0485. The van der Waals surface area contributed by atoms with Crippen LogP contribution in [0.15, 0.2) is 42.6 Å². The smallest absolute Gasteiger partial charge is 0.339 e. The number of fused-ring (bicyclic) bond motifs is 1. The number of aromatic nitrogens is 1. The molecule has 0 unspecified atom stereocenters. The predicted molar refractivity (Wildman–Crippen MR) is 93.4 cm³/mol. The van der Waals surface area contributed by atoms with E-state index in [1.807, 2.05) is 0 Å². The molecule has 26 heavy (non-hydrogen) atoms. The number of non-ortho nitro benzene ring substituents is 1. The van der Waals surface area contributed by atoms with Crippen LogP contribution in [0.4, 0.5) is 5.69 Å². The number of carbonyl (C=O) groups is 1. The summed E-state index contributed by atoms with van der Waals surface area (Å²) in [6.07, 6.45) is 1.48. The first-order valence-electron chi connectivity index (χ1n) is 7.22. The van der Waals surface area contributed by atoms with E-state index in [4.69, 9.17) is 21.1 Å². The Bertz CT molecular complexity index is 1040. The molecule has 132 valence electrons. The Morgan fingerprint density at radius 3 is 2.58 bits per heavy atom. The van der Waals surface area contributed by atoms with Gasteiger partial charge < -0.3 is 14.6 Å². The van der Waals surface area contributed by atoms with Crippen LogP contribution in [-0.4, -0.2) is 28.1 Å². The standard InChI is InChI=1S/C17H11ClN2O6/c1-25-16-8-13-10(7-11(16)17(21)22)14(4-5-19-13)26-15-3-2-9(20(23)24)6-12(15)18/h2-8H,1H3,(H,21,22). The van der Waals surface area contributed by atoms with Gasteiger partial charge in [0.1, 0.15) is 22.8 Å². The minimum Gasteiger partial charge on any atom is -0.496 e. The molecule has 0 spiro atoms. The molecular formula is C17H11ClN2O6. The van der Waals surface area contributed by atoms with Gasteiger partial charge in [-0.15, -0.1) is 0 Å². The summed E-state index contributed by atoms with van der Waals surface area (Å²) in [6, 6.07) is 8.22. The fourth-order valence-corrected chi connectivity index (χ4v) is 2.59. The Labute approximate surface area is 151 Å². The van der Waals surface area contributed by atoms with Crippen molar-refractivity contribution < 1.29 is 24.3 Å². The van der Waals surface area contributed by atoms with Crippen LogP contribution in [-0.2, 0) is 0 Å². The lowest BCUT2D eigenvalue weighted by atomic mass is 10.1. The molecule has 9 heteroatoms. The van der Waals surface area contributed by atoms with Crippen LogP contribution in [0.5, 0.6) is 17.2 Å². The van der Waals surface area contributed by atoms with Crippen LogP contribution in [0.25, 0.3) is 10.9 Å². The molecule has 0 saturated heterocycles. The molecule has 0 atom stereocenters. The van der Waals surface area contributed by atoms with E-state index in [-0.39, 0.29) is 27.8 Å². The fourth-order valence-electron chi connectivity index (χ4n) is 2.38. The van der Waals surface area contributed by atoms with Gasteiger partial charge in [-0.1, -0.05) is 11.6 Å². The molecule has 0 fully saturated rings. The lowest BCUT2D eigenvalue weighted by Gasteiger charge is -2.12. The number of hydrogen-bond acceptors (Lipinski definition) is 6. The van der Waals surface area contributed by atoms with Crippen molar-refractivity contribution in [2.24, 2.45) is 0 Å². The lowest BCUT2D eigenvalue weighted by Crippen LogP contribution is -2.01. The number of nitro groups is 1. The van der Waals surface area contributed by atoms with E-state index >= 15 is 0 Å². The number of nitrogens with zero attached hydrogens (tertiary/aromatic N) is 2. The van der Waals surface area contributed by atoms with Gasteiger partial charge in [-0.3, -0.25) is 15.1 Å². The number of halogens is 1. The number of nitro benzene ring substituents is 1. The van der Waals surface area contributed by atoms with Gasteiger partial charge >= 0.3 is 5.97 Å². The number of carboxylic acids is 1. The summed E-state index contributed by atoms with van der Waals surface area (Å²) in [6.45, 7) is 0. The van der Waals surface area contributed by atoms with Crippen molar-refractivity contribution in [3.05, 3.63) is 63.3 Å². The molecule has 0 bridgehead atoms. The zero-order valence-electron chi connectivity index (χ0n) is 13.3. The van der Waals surface area contributed by atoms with Gasteiger partial charge in [-0.2, -0.15) is 0 Å². The number of pyridine rings is 1. The predicted octanol–water partition coefficient (Wildman–Crippen LogP) is 4.30. The molecule has 3 rings (SSSR count). The Hall–Kier alpha value is -3.39. The van der Waals surface area contributed by atoms with Gasteiger partial charge in [-0.25, -0.2) is 4.79 Å². The molecule has 1 aromatic heterocycles. The van der Waals surface area contributed by atoms with Crippen LogP contribution >= 0.6 is 11.6 Å². The second-order valence-corrected chi connectivity index (χ2v) is 5.56. The van der Waals surface area contributed by atoms with Crippen LogP contribution in [0.3, 0.4) is 0 Å². The first-order chi connectivity index (χ1) is 12.4. The number of ether oxygens (including phenoxy) is 2. The molecule has 1 heterocycles. The number of benzene rings is 2. The maximum atomic E-state index is 11.4. The van der Waals surface area contributed by atoms with E-state index in [9.17, 15) is 20.0 Å². The molecular weight excluding hydrogens is 364 g/mol. The van der Waals surface area contributed by atoms with Gasteiger partial charge in [-0.05, 0) is 18.2 Å². The number of rotatable bonds is 5. The van der Waals surface area contributed by atoms with E-state index in [0.717, 1.165) is 0 Å². The zero-order valence-corrected chi connectivity index (χ0v) is 14.1. The zero-order chi connectivity index (χ0) is 18.8. The summed E-state index contributed by atoms with van der Waals surface area (Å²) in [5, 5.41) is 20.6. The van der Waals surface area contributed by atoms with E-state index in [0.29, 0.717) is 16.7 Å². The average molecular weight is 375 g/mol.